The van der Waals surface area contributed by atoms with Gasteiger partial charge in [-0.15, -0.1) is 0 Å². The van der Waals surface area contributed by atoms with Gasteiger partial charge in [0.1, 0.15) is 0 Å². The maximum atomic E-state index is 16.1. The smallest absolute Gasteiger partial charge is 0.266 e. The van der Waals surface area contributed by atoms with Crippen molar-refractivity contribution in [3.8, 4) is 11.1 Å². The van der Waals surface area contributed by atoms with Crippen LogP contribution in [0.4, 0.5) is 11.4 Å². The third kappa shape index (κ3) is 10.9. The first-order chi connectivity index (χ1) is 53.9. The van der Waals surface area contributed by atoms with Crippen molar-refractivity contribution in [2.75, 3.05) is 9.80 Å². The Bertz CT molecular complexity index is 5600. The maximum absolute atomic E-state index is 16.1. The lowest BCUT2D eigenvalue weighted by atomic mass is 9.81. The molecule has 0 saturated carbocycles. The number of imide groups is 4. The largest absolute Gasteiger partial charge is 0.271 e. The number of unbranched alkanes of at least 4 members (excludes halogenated alkanes) is 16. The summed E-state index contributed by atoms with van der Waals surface area (Å²) >= 11 is 0. The van der Waals surface area contributed by atoms with Gasteiger partial charge in [0.15, 0.2) is 0 Å². The Morgan fingerprint density at radius 3 is 0.691 bits per heavy atom. The highest BCUT2D eigenvalue weighted by atomic mass is 16.2. The molecular formula is C98H90N4O8. The average molecular weight is 1450 g/mol. The molecule has 0 atom stereocenters. The minimum Gasteiger partial charge on any atom is -0.271 e. The quantitative estimate of drug-likeness (QED) is 0.0195. The van der Waals surface area contributed by atoms with E-state index < -0.39 is 23.6 Å². The number of carbonyl (C=O) groups excluding carboxylic acids is 8. The zero-order valence-corrected chi connectivity index (χ0v) is 63.3. The molecule has 12 nitrogen and oxygen atoms in total. The molecule has 18 rings (SSSR count). The Kier molecular flexibility index (Phi) is 18.3. The molecule has 0 unspecified atom stereocenters. The van der Waals surface area contributed by atoms with Crippen LogP contribution in [0.5, 0.6) is 0 Å². The standard InChI is InChI=1S/C98H90N4O8/c1-5-9-13-17-21-31-59(32-22-18-14-10-6-2)99-91(103)71-47-39-63-67-43-51-75-87-76(52-44-68(83(67)87)64-40-48-72(92(99)104)85(71)81(63)64)96(108)101(95(75)107)79-55-37-57-29-25-27-35-61(57)89(79)90-62-36-28-26-30-58(62)38-56-80(90)102-97(109)77-53-45-69-65-41-49-73-86-74(50-42-66(82(65)86)70-46-54-78(98(102)110)88(77)84(69)70)94(106)100(93(73)105)60(33-23-19-15-11-7-3)34-24-20-16-12-8-4/h25-30,35-56,59-60H,5-24,31-34H2,1-4H3. The maximum Gasteiger partial charge on any atom is 0.266 e. The molecule has 4 aliphatic heterocycles. The number of benzene rings is 14. The van der Waals surface area contributed by atoms with Crippen LogP contribution < -0.4 is 9.80 Å². The van der Waals surface area contributed by atoms with Crippen molar-refractivity contribution in [1.29, 1.82) is 0 Å². The minimum absolute atomic E-state index is 0.207. The Balaban J connectivity index is 0.722. The van der Waals surface area contributed by atoms with Gasteiger partial charge in [-0.25, -0.2) is 9.80 Å². The van der Waals surface area contributed by atoms with Crippen LogP contribution in [-0.2, 0) is 0 Å². The Morgan fingerprint density at radius 1 is 0.218 bits per heavy atom. The van der Waals surface area contributed by atoms with Gasteiger partial charge in [-0.1, -0.05) is 265 Å². The number of anilines is 2. The van der Waals surface area contributed by atoms with Crippen molar-refractivity contribution in [2.45, 2.75) is 194 Å². The summed E-state index contributed by atoms with van der Waals surface area (Å²) in [6, 6.07) is 52.8. The van der Waals surface area contributed by atoms with E-state index >= 15 is 38.4 Å². The van der Waals surface area contributed by atoms with Gasteiger partial charge in [0.2, 0.25) is 0 Å². The van der Waals surface area contributed by atoms with Crippen molar-refractivity contribution in [3.05, 3.63) is 214 Å². The second-order valence-electron chi connectivity index (χ2n) is 31.6. The van der Waals surface area contributed by atoms with E-state index in [0.717, 1.165) is 230 Å². The second-order valence-corrected chi connectivity index (χ2v) is 31.6. The summed E-state index contributed by atoms with van der Waals surface area (Å²) in [5, 5.41) is 14.7. The third-order valence-corrected chi connectivity index (χ3v) is 25.2. The van der Waals surface area contributed by atoms with Crippen LogP contribution in [0.3, 0.4) is 0 Å². The predicted molar refractivity (Wildman–Crippen MR) is 447 cm³/mol. The molecule has 110 heavy (non-hydrogen) atoms. The van der Waals surface area contributed by atoms with Crippen LogP contribution in [0.1, 0.15) is 265 Å². The fraction of sp³-hybridized carbons (Fsp3) is 0.306. The monoisotopic (exact) mass is 1450 g/mol. The van der Waals surface area contributed by atoms with Crippen LogP contribution in [0, 0.1) is 0 Å². The summed E-state index contributed by atoms with van der Waals surface area (Å²) in [6.07, 6.45) is 24.9. The lowest BCUT2D eigenvalue weighted by Crippen LogP contribution is -2.47. The molecule has 550 valence electrons. The van der Waals surface area contributed by atoms with Crippen LogP contribution in [0.2, 0.25) is 0 Å². The number of fused-ring (bicyclic) bond motifs is 6. The van der Waals surface area contributed by atoms with Gasteiger partial charge >= 0.3 is 0 Å². The summed E-state index contributed by atoms with van der Waals surface area (Å²) in [7, 11) is 0. The normalized spacial score (nSPS) is 14.6. The number of hydrogen-bond donors (Lipinski definition) is 0. The van der Waals surface area contributed by atoms with E-state index in [2.05, 4.69) is 27.7 Å². The number of nitrogens with zero attached hydrogens (tertiary/aromatic N) is 4. The lowest BCUT2D eigenvalue weighted by Gasteiger charge is -2.35. The highest BCUT2D eigenvalue weighted by molar-refractivity contribution is 6.47. The SMILES string of the molecule is CCCCCCCC(CCCCCCC)N1C(=O)c2ccc3c4ccc5c6c(ccc(c7ccc(c2c37)C1=O)c64)C(=O)N(c1ccc2ccccc2c1-c1c(N2C(=O)c3ccc4c6ccc7c8c(ccc(c9ccc(c3c49)C2=O)c86)C(=O)N(C(CCCCCCC)CCCCCCC)C7=O)ccc2ccccc12)C5=O. The summed E-state index contributed by atoms with van der Waals surface area (Å²) in [5.41, 5.74) is 4.75. The molecule has 0 aromatic heterocycles. The number of carbonyl (C=O) groups is 8. The fourth-order valence-electron chi connectivity index (χ4n) is 19.8. The molecule has 12 heteroatoms. The lowest BCUT2D eigenvalue weighted by molar-refractivity contribution is 0.0501. The third-order valence-electron chi connectivity index (χ3n) is 25.2. The zero-order chi connectivity index (χ0) is 75.3. The molecule has 0 fully saturated rings. The Labute approximate surface area is 640 Å². The number of amides is 8. The molecule has 14 aromatic carbocycles. The van der Waals surface area contributed by atoms with Crippen LogP contribution >= 0.6 is 0 Å². The van der Waals surface area contributed by atoms with E-state index in [-0.39, 0.29) is 47.1 Å². The molecule has 0 bridgehead atoms. The van der Waals surface area contributed by atoms with Crippen LogP contribution in [0.25, 0.3) is 119 Å². The number of hydrogen-bond acceptors (Lipinski definition) is 8. The van der Waals surface area contributed by atoms with Gasteiger partial charge in [0, 0.05) is 89.3 Å². The van der Waals surface area contributed by atoms with Crippen molar-refractivity contribution in [3.63, 3.8) is 0 Å². The molecule has 0 saturated heterocycles. The summed E-state index contributed by atoms with van der Waals surface area (Å²) < 4.78 is 0. The highest BCUT2D eigenvalue weighted by Gasteiger charge is 2.44. The van der Waals surface area contributed by atoms with E-state index in [1.54, 1.807) is 46.2 Å². The van der Waals surface area contributed by atoms with E-state index in [0.29, 0.717) is 88.0 Å². The molecule has 14 aromatic rings. The molecule has 0 N–H and O–H groups in total. The summed E-state index contributed by atoms with van der Waals surface area (Å²) in [5.74, 6) is -3.24. The van der Waals surface area contributed by atoms with Crippen LogP contribution in [0.15, 0.2) is 170 Å². The fourth-order valence-corrected chi connectivity index (χ4v) is 19.8. The van der Waals surface area contributed by atoms with E-state index in [1.807, 2.05) is 133 Å². The van der Waals surface area contributed by atoms with Gasteiger partial charge in [-0.3, -0.25) is 48.2 Å². The van der Waals surface area contributed by atoms with E-state index in [4.69, 9.17) is 0 Å². The van der Waals surface area contributed by atoms with Crippen LogP contribution in [-0.4, -0.2) is 69.1 Å². The summed E-state index contributed by atoms with van der Waals surface area (Å²) in [4.78, 5) is 131. The summed E-state index contributed by atoms with van der Waals surface area (Å²) in [6.45, 7) is 8.82. The molecule has 4 heterocycles. The molecule has 0 spiro atoms. The van der Waals surface area contributed by atoms with Crippen molar-refractivity contribution in [1.82, 2.24) is 9.80 Å². The first-order valence-electron chi connectivity index (χ1n) is 40.9. The van der Waals surface area contributed by atoms with Gasteiger partial charge in [-0.05, 0) is 173 Å². The highest BCUT2D eigenvalue weighted by Crippen LogP contribution is 2.54. The van der Waals surface area contributed by atoms with Crippen molar-refractivity contribution in [2.24, 2.45) is 0 Å². The number of rotatable bonds is 29. The first kappa shape index (κ1) is 70.4. The second kappa shape index (κ2) is 28.6. The topological polar surface area (TPSA) is 150 Å². The molecule has 0 aliphatic carbocycles. The van der Waals surface area contributed by atoms with E-state index in [1.165, 1.54) is 9.80 Å². The Morgan fingerprint density at radius 2 is 0.445 bits per heavy atom. The Hall–Kier alpha value is -11.2. The predicted octanol–water partition coefficient (Wildman–Crippen LogP) is 24.7. The zero-order valence-electron chi connectivity index (χ0n) is 63.3. The average Bonchev–Trinajstić information content (AvgIpc) is 0.691. The van der Waals surface area contributed by atoms with Gasteiger partial charge in [-0.2, -0.15) is 0 Å². The minimum atomic E-state index is -0.552. The molecule has 8 amide bonds. The van der Waals surface area contributed by atoms with E-state index in [9.17, 15) is 0 Å². The molecule has 4 aliphatic rings. The first-order valence-corrected chi connectivity index (χ1v) is 40.9. The molecule has 0 radical (unpaired) electrons. The van der Waals surface area contributed by atoms with Gasteiger partial charge in [0.05, 0.1) is 11.4 Å². The van der Waals surface area contributed by atoms with Crippen molar-refractivity contribution >= 4 is 166 Å². The van der Waals surface area contributed by atoms with Gasteiger partial charge in [0.25, 0.3) is 47.3 Å². The van der Waals surface area contributed by atoms with Gasteiger partial charge < -0.3 is 0 Å². The molecular weight excluding hydrogens is 1360 g/mol. The van der Waals surface area contributed by atoms with Crippen molar-refractivity contribution < 1.29 is 38.4 Å².